The second-order valence-corrected chi connectivity index (χ2v) is 12.7. The lowest BCUT2D eigenvalue weighted by molar-refractivity contribution is -0.265. The quantitative estimate of drug-likeness (QED) is 0.548. The second kappa shape index (κ2) is 6.81. The molecule has 4 aliphatic carbocycles. The summed E-state index contributed by atoms with van der Waals surface area (Å²) in [6.45, 7) is 10.2. The summed E-state index contributed by atoms with van der Waals surface area (Å²) in [4.78, 5) is 0. The zero-order chi connectivity index (χ0) is 21.8. The molecule has 0 amide bonds. The molecule has 2 aliphatic heterocycles. The predicted molar refractivity (Wildman–Crippen MR) is 119 cm³/mol. The molecule has 6 rings (SSSR count). The topological polar surface area (TPSA) is 58.9 Å². The summed E-state index contributed by atoms with van der Waals surface area (Å²) in [5.74, 6) is 2.46. The van der Waals surface area contributed by atoms with Crippen LogP contribution in [0.4, 0.5) is 0 Å². The van der Waals surface area contributed by atoms with Gasteiger partial charge in [0.15, 0.2) is 5.79 Å². The summed E-state index contributed by atoms with van der Waals surface area (Å²) in [7, 11) is 0. The standard InChI is InChI=1S/C27H42O4/c1-15-7-10-27(30-14-15)16(2)24-22(31-27)12-21-19-6-5-17-11-18(28)8-9-25(17,3)20(19)13-23(29)26(21,24)4/h12,15-20,22-24,28-29H,5-11,13-14H2,1-4H3/t15-,16+,17+,18+,19-,20+,22+,23+,24+,25+,26-,27-/m1/s1. The van der Waals surface area contributed by atoms with Crippen LogP contribution in [0.3, 0.4) is 0 Å². The number of aliphatic hydroxyl groups is 2. The third kappa shape index (κ3) is 2.68. The summed E-state index contributed by atoms with van der Waals surface area (Å²) in [6.07, 6.45) is 10.5. The van der Waals surface area contributed by atoms with E-state index in [1.807, 2.05) is 0 Å². The molecule has 0 aromatic carbocycles. The maximum Gasteiger partial charge on any atom is 0.172 e. The molecular formula is C27H42O4. The van der Waals surface area contributed by atoms with Gasteiger partial charge in [0.25, 0.3) is 0 Å². The Hall–Kier alpha value is -0.420. The molecule has 0 bridgehead atoms. The Kier molecular flexibility index (Phi) is 4.64. The van der Waals surface area contributed by atoms with E-state index in [2.05, 4.69) is 33.8 Å². The van der Waals surface area contributed by atoms with E-state index in [0.717, 1.165) is 45.1 Å². The van der Waals surface area contributed by atoms with E-state index in [0.29, 0.717) is 35.5 Å². The molecule has 0 unspecified atom stereocenters. The molecule has 6 aliphatic rings. The minimum absolute atomic E-state index is 0.0792. The molecule has 2 N–H and O–H groups in total. The molecule has 0 radical (unpaired) electrons. The van der Waals surface area contributed by atoms with Gasteiger partial charge >= 0.3 is 0 Å². The molecule has 4 heteroatoms. The Balaban J connectivity index is 1.33. The van der Waals surface area contributed by atoms with Crippen molar-refractivity contribution in [2.75, 3.05) is 6.61 Å². The van der Waals surface area contributed by atoms with Crippen molar-refractivity contribution < 1.29 is 19.7 Å². The molecule has 1 spiro atoms. The van der Waals surface area contributed by atoms with Crippen molar-refractivity contribution in [3.63, 3.8) is 0 Å². The smallest absolute Gasteiger partial charge is 0.172 e. The van der Waals surface area contributed by atoms with E-state index in [1.54, 1.807) is 0 Å². The maximum atomic E-state index is 11.7. The zero-order valence-corrected chi connectivity index (χ0v) is 19.8. The Morgan fingerprint density at radius 1 is 1.00 bits per heavy atom. The van der Waals surface area contributed by atoms with Crippen molar-refractivity contribution in [2.24, 2.45) is 46.3 Å². The van der Waals surface area contributed by atoms with Crippen LogP contribution >= 0.6 is 0 Å². The van der Waals surface area contributed by atoms with Crippen molar-refractivity contribution >= 4 is 0 Å². The average molecular weight is 431 g/mol. The highest BCUT2D eigenvalue weighted by Crippen LogP contribution is 2.69. The van der Waals surface area contributed by atoms with Crippen LogP contribution in [0.1, 0.15) is 79.1 Å². The third-order valence-electron chi connectivity index (χ3n) is 11.4. The Bertz CT molecular complexity index is 769. The van der Waals surface area contributed by atoms with Gasteiger partial charge in [0.05, 0.1) is 24.9 Å². The molecule has 2 saturated heterocycles. The van der Waals surface area contributed by atoms with E-state index in [1.165, 1.54) is 18.4 Å². The summed E-state index contributed by atoms with van der Waals surface area (Å²) >= 11 is 0. The zero-order valence-electron chi connectivity index (χ0n) is 19.8. The van der Waals surface area contributed by atoms with Gasteiger partial charge in [-0.25, -0.2) is 0 Å². The fourth-order valence-corrected chi connectivity index (χ4v) is 9.46. The highest BCUT2D eigenvalue weighted by Gasteiger charge is 2.68. The van der Waals surface area contributed by atoms with E-state index in [-0.39, 0.29) is 29.1 Å². The summed E-state index contributed by atoms with van der Waals surface area (Å²) < 4.78 is 13.2. The molecule has 2 heterocycles. The maximum absolute atomic E-state index is 11.7. The number of ether oxygens (including phenoxy) is 2. The van der Waals surface area contributed by atoms with E-state index < -0.39 is 5.79 Å². The van der Waals surface area contributed by atoms with Crippen molar-refractivity contribution in [1.82, 2.24) is 0 Å². The average Bonchev–Trinajstić information content (AvgIpc) is 3.18. The molecular weight excluding hydrogens is 388 g/mol. The summed E-state index contributed by atoms with van der Waals surface area (Å²) in [6, 6.07) is 0. The van der Waals surface area contributed by atoms with Gasteiger partial charge in [0.2, 0.25) is 0 Å². The van der Waals surface area contributed by atoms with Gasteiger partial charge < -0.3 is 19.7 Å². The summed E-state index contributed by atoms with van der Waals surface area (Å²) in [5, 5.41) is 22.0. The number of hydrogen-bond donors (Lipinski definition) is 2. The van der Waals surface area contributed by atoms with Crippen LogP contribution in [0.5, 0.6) is 0 Å². The number of rotatable bonds is 0. The SMILES string of the molecule is C[C@@H]1CC[C@@]2(OC1)O[C@H]1C=C3[C@@H]4CC[C@H]5C[C@@H](O)CC[C@]5(C)[C@H]4C[C@H](O)[C@]3(C)[C@H]1[C@@H]2C. The molecule has 3 saturated carbocycles. The van der Waals surface area contributed by atoms with Gasteiger partial charge in [0, 0.05) is 23.7 Å². The second-order valence-electron chi connectivity index (χ2n) is 12.7. The first-order valence-electron chi connectivity index (χ1n) is 13.1. The van der Waals surface area contributed by atoms with Crippen molar-refractivity contribution in [3.05, 3.63) is 11.6 Å². The van der Waals surface area contributed by atoms with E-state index >= 15 is 0 Å². The van der Waals surface area contributed by atoms with Gasteiger partial charge in [-0.1, -0.05) is 39.3 Å². The van der Waals surface area contributed by atoms with Crippen LogP contribution in [0.25, 0.3) is 0 Å². The van der Waals surface area contributed by atoms with Crippen molar-refractivity contribution in [2.45, 2.75) is 103 Å². The number of fused-ring (bicyclic) bond motifs is 7. The van der Waals surface area contributed by atoms with Crippen LogP contribution in [-0.2, 0) is 9.47 Å². The van der Waals surface area contributed by atoms with Gasteiger partial charge in [-0.15, -0.1) is 0 Å². The van der Waals surface area contributed by atoms with Gasteiger partial charge in [-0.05, 0) is 74.0 Å². The first-order chi connectivity index (χ1) is 14.7. The Morgan fingerprint density at radius 3 is 2.55 bits per heavy atom. The highest BCUT2D eigenvalue weighted by atomic mass is 16.7. The third-order valence-corrected chi connectivity index (χ3v) is 11.4. The molecule has 31 heavy (non-hydrogen) atoms. The minimum Gasteiger partial charge on any atom is -0.393 e. The van der Waals surface area contributed by atoms with Gasteiger partial charge in [-0.3, -0.25) is 0 Å². The molecule has 5 fully saturated rings. The van der Waals surface area contributed by atoms with Crippen LogP contribution in [0.2, 0.25) is 0 Å². The fraction of sp³-hybridized carbons (Fsp3) is 0.926. The Labute approximate surface area is 187 Å². The van der Waals surface area contributed by atoms with Gasteiger partial charge in [0.1, 0.15) is 0 Å². The number of aliphatic hydroxyl groups excluding tert-OH is 2. The molecule has 4 nitrogen and oxygen atoms in total. The van der Waals surface area contributed by atoms with Crippen LogP contribution in [-0.4, -0.2) is 40.9 Å². The number of hydrogen-bond acceptors (Lipinski definition) is 4. The van der Waals surface area contributed by atoms with Crippen LogP contribution < -0.4 is 0 Å². The molecule has 0 aromatic heterocycles. The van der Waals surface area contributed by atoms with Crippen molar-refractivity contribution in [3.8, 4) is 0 Å². The lowest BCUT2D eigenvalue weighted by Crippen LogP contribution is -2.57. The fourth-order valence-electron chi connectivity index (χ4n) is 9.46. The first kappa shape index (κ1) is 21.1. The lowest BCUT2D eigenvalue weighted by atomic mass is 9.45. The lowest BCUT2D eigenvalue weighted by Gasteiger charge is -2.61. The van der Waals surface area contributed by atoms with Gasteiger partial charge in [-0.2, -0.15) is 0 Å². The molecule has 12 atom stereocenters. The normalized spacial score (nSPS) is 60.7. The Morgan fingerprint density at radius 2 is 1.81 bits per heavy atom. The van der Waals surface area contributed by atoms with E-state index in [4.69, 9.17) is 9.47 Å². The molecule has 0 aromatic rings. The largest absolute Gasteiger partial charge is 0.393 e. The summed E-state index contributed by atoms with van der Waals surface area (Å²) in [5.41, 5.74) is 1.56. The van der Waals surface area contributed by atoms with Crippen LogP contribution in [0.15, 0.2) is 11.6 Å². The first-order valence-corrected chi connectivity index (χ1v) is 13.1. The van der Waals surface area contributed by atoms with E-state index in [9.17, 15) is 10.2 Å². The minimum atomic E-state index is -0.452. The predicted octanol–water partition coefficient (Wildman–Crippen LogP) is 4.68. The monoisotopic (exact) mass is 430 g/mol. The van der Waals surface area contributed by atoms with Crippen LogP contribution in [0, 0.1) is 46.3 Å². The highest BCUT2D eigenvalue weighted by molar-refractivity contribution is 5.36. The molecule has 174 valence electrons. The van der Waals surface area contributed by atoms with Crippen molar-refractivity contribution in [1.29, 1.82) is 0 Å².